The topological polar surface area (TPSA) is 74.3 Å². The van der Waals surface area contributed by atoms with Crippen LogP contribution in [0, 0.1) is 5.92 Å². The third kappa shape index (κ3) is 5.44. The molecular weight excluding hydrogens is 280 g/mol. The summed E-state index contributed by atoms with van der Waals surface area (Å²) in [6.45, 7) is 4.41. The predicted octanol–water partition coefficient (Wildman–Crippen LogP) is 1.18. The lowest BCUT2D eigenvalue weighted by molar-refractivity contribution is -0.121. The van der Waals surface area contributed by atoms with E-state index in [1.165, 1.54) is 5.56 Å². The molecule has 1 aromatic rings. The van der Waals surface area contributed by atoms with E-state index < -0.39 is 6.03 Å². The van der Waals surface area contributed by atoms with Crippen LogP contribution >= 0.6 is 0 Å². The van der Waals surface area contributed by atoms with Crippen molar-refractivity contribution in [3.05, 3.63) is 30.1 Å². The Hall–Kier alpha value is -1.95. The van der Waals surface area contributed by atoms with Crippen LogP contribution in [0.4, 0.5) is 4.79 Å². The van der Waals surface area contributed by atoms with Gasteiger partial charge in [-0.15, -0.1) is 0 Å². The number of carbonyl (C=O) groups excluding carboxylic acids is 2. The first-order valence-corrected chi connectivity index (χ1v) is 7.86. The van der Waals surface area contributed by atoms with Gasteiger partial charge in [-0.2, -0.15) is 0 Å². The van der Waals surface area contributed by atoms with Crippen LogP contribution in [0.2, 0.25) is 0 Å². The second kappa shape index (κ2) is 8.48. The molecule has 2 rings (SSSR count). The SMILES string of the molecule is CCNC(=O)NC(=O)CN1CCC(Cc2cccnc2)CC1. The van der Waals surface area contributed by atoms with Crippen LogP contribution in [-0.4, -0.2) is 48.0 Å². The zero-order valence-corrected chi connectivity index (χ0v) is 13.0. The molecule has 1 aliphatic rings. The van der Waals surface area contributed by atoms with Gasteiger partial charge >= 0.3 is 6.03 Å². The Morgan fingerprint density at radius 3 is 2.77 bits per heavy atom. The molecule has 0 radical (unpaired) electrons. The number of hydrogen-bond acceptors (Lipinski definition) is 4. The predicted molar refractivity (Wildman–Crippen MR) is 84.3 cm³/mol. The standard InChI is InChI=1S/C16H24N4O2/c1-2-18-16(22)19-15(21)12-20-8-5-13(6-9-20)10-14-4-3-7-17-11-14/h3-4,7,11,13H,2,5-6,8-10,12H2,1H3,(H2,18,19,21,22). The summed E-state index contributed by atoms with van der Waals surface area (Å²) in [5.74, 6) is 0.406. The summed E-state index contributed by atoms with van der Waals surface area (Å²) < 4.78 is 0. The molecule has 0 aliphatic carbocycles. The first-order valence-electron chi connectivity index (χ1n) is 7.86. The van der Waals surface area contributed by atoms with Gasteiger partial charge in [0.2, 0.25) is 5.91 Å². The first kappa shape index (κ1) is 16.4. The molecule has 0 atom stereocenters. The van der Waals surface area contributed by atoms with Gasteiger partial charge in [0.1, 0.15) is 0 Å². The molecule has 2 heterocycles. The second-order valence-corrected chi connectivity index (χ2v) is 5.69. The van der Waals surface area contributed by atoms with Gasteiger partial charge in [0, 0.05) is 18.9 Å². The smallest absolute Gasteiger partial charge is 0.321 e. The van der Waals surface area contributed by atoms with E-state index in [4.69, 9.17) is 0 Å². The van der Waals surface area contributed by atoms with Crippen LogP contribution in [0.25, 0.3) is 0 Å². The van der Waals surface area contributed by atoms with Crippen LogP contribution < -0.4 is 10.6 Å². The second-order valence-electron chi connectivity index (χ2n) is 5.69. The lowest BCUT2D eigenvalue weighted by Crippen LogP contribution is -2.46. The number of rotatable bonds is 5. The number of urea groups is 1. The van der Waals surface area contributed by atoms with Gasteiger partial charge < -0.3 is 5.32 Å². The Bertz CT molecular complexity index is 484. The maximum absolute atomic E-state index is 11.7. The minimum absolute atomic E-state index is 0.239. The summed E-state index contributed by atoms with van der Waals surface area (Å²) in [5, 5.41) is 4.89. The number of piperidine rings is 1. The van der Waals surface area contributed by atoms with E-state index in [0.717, 1.165) is 32.4 Å². The Morgan fingerprint density at radius 2 is 2.14 bits per heavy atom. The Kier molecular flexibility index (Phi) is 6.33. The highest BCUT2D eigenvalue weighted by molar-refractivity contribution is 5.95. The molecule has 3 amide bonds. The molecule has 1 saturated heterocycles. The quantitative estimate of drug-likeness (QED) is 0.857. The average molecular weight is 304 g/mol. The van der Waals surface area contributed by atoms with Gasteiger partial charge in [-0.25, -0.2) is 4.79 Å². The summed E-state index contributed by atoms with van der Waals surface area (Å²) in [7, 11) is 0. The number of carbonyl (C=O) groups is 2. The number of amides is 3. The minimum Gasteiger partial charge on any atom is -0.338 e. The number of aromatic nitrogens is 1. The van der Waals surface area contributed by atoms with Gasteiger partial charge in [-0.3, -0.25) is 20.0 Å². The molecule has 22 heavy (non-hydrogen) atoms. The summed E-state index contributed by atoms with van der Waals surface area (Å²) in [6, 6.07) is 3.66. The Morgan fingerprint density at radius 1 is 1.36 bits per heavy atom. The van der Waals surface area contributed by atoms with E-state index in [9.17, 15) is 9.59 Å². The van der Waals surface area contributed by atoms with E-state index in [-0.39, 0.29) is 12.5 Å². The van der Waals surface area contributed by atoms with Gasteiger partial charge in [-0.05, 0) is 56.8 Å². The summed E-state index contributed by atoms with van der Waals surface area (Å²) in [4.78, 5) is 29.3. The van der Waals surface area contributed by atoms with Crippen molar-refractivity contribution in [2.24, 2.45) is 5.92 Å². The van der Waals surface area contributed by atoms with Gasteiger partial charge in [0.25, 0.3) is 0 Å². The molecule has 120 valence electrons. The van der Waals surface area contributed by atoms with Gasteiger partial charge in [0.15, 0.2) is 0 Å². The molecular formula is C16H24N4O2. The van der Waals surface area contributed by atoms with E-state index >= 15 is 0 Å². The fourth-order valence-electron chi connectivity index (χ4n) is 2.77. The highest BCUT2D eigenvalue weighted by Gasteiger charge is 2.21. The number of hydrogen-bond donors (Lipinski definition) is 2. The van der Waals surface area contributed by atoms with E-state index in [1.54, 1.807) is 6.20 Å². The molecule has 6 nitrogen and oxygen atoms in total. The molecule has 0 bridgehead atoms. The summed E-state index contributed by atoms with van der Waals surface area (Å²) in [6.07, 6.45) is 6.91. The van der Waals surface area contributed by atoms with Crippen LogP contribution in [-0.2, 0) is 11.2 Å². The molecule has 2 N–H and O–H groups in total. The lowest BCUT2D eigenvalue weighted by Gasteiger charge is -2.31. The van der Waals surface area contributed by atoms with Crippen molar-refractivity contribution in [1.82, 2.24) is 20.5 Å². The molecule has 1 aliphatic heterocycles. The highest BCUT2D eigenvalue weighted by atomic mass is 16.2. The van der Waals surface area contributed by atoms with Crippen molar-refractivity contribution in [3.63, 3.8) is 0 Å². The molecule has 1 aromatic heterocycles. The number of pyridine rings is 1. The van der Waals surface area contributed by atoms with Gasteiger partial charge in [0.05, 0.1) is 6.54 Å². The number of nitrogens with zero attached hydrogens (tertiary/aromatic N) is 2. The van der Waals surface area contributed by atoms with E-state index in [2.05, 4.69) is 26.6 Å². The zero-order chi connectivity index (χ0) is 15.8. The third-order valence-corrected chi connectivity index (χ3v) is 3.91. The minimum atomic E-state index is -0.418. The van der Waals surface area contributed by atoms with Crippen LogP contribution in [0.15, 0.2) is 24.5 Å². The van der Waals surface area contributed by atoms with Crippen molar-refractivity contribution in [1.29, 1.82) is 0 Å². The molecule has 0 unspecified atom stereocenters. The number of imide groups is 1. The van der Waals surface area contributed by atoms with Crippen molar-refractivity contribution >= 4 is 11.9 Å². The van der Waals surface area contributed by atoms with E-state index in [1.807, 2.05) is 19.2 Å². The number of likely N-dealkylation sites (tertiary alicyclic amines) is 1. The monoisotopic (exact) mass is 304 g/mol. The summed E-state index contributed by atoms with van der Waals surface area (Å²) in [5.41, 5.74) is 1.27. The maximum atomic E-state index is 11.7. The third-order valence-electron chi connectivity index (χ3n) is 3.91. The van der Waals surface area contributed by atoms with Crippen LogP contribution in [0.5, 0.6) is 0 Å². The zero-order valence-electron chi connectivity index (χ0n) is 13.0. The van der Waals surface area contributed by atoms with Gasteiger partial charge in [-0.1, -0.05) is 6.07 Å². The highest BCUT2D eigenvalue weighted by Crippen LogP contribution is 2.21. The van der Waals surface area contributed by atoms with Crippen molar-refractivity contribution < 1.29 is 9.59 Å². The molecule has 6 heteroatoms. The fraction of sp³-hybridized carbons (Fsp3) is 0.562. The fourth-order valence-corrected chi connectivity index (χ4v) is 2.77. The summed E-state index contributed by atoms with van der Waals surface area (Å²) >= 11 is 0. The Balaban J connectivity index is 1.68. The molecule has 0 saturated carbocycles. The van der Waals surface area contributed by atoms with Crippen LogP contribution in [0.3, 0.4) is 0 Å². The van der Waals surface area contributed by atoms with Crippen LogP contribution in [0.1, 0.15) is 25.3 Å². The lowest BCUT2D eigenvalue weighted by atomic mass is 9.91. The number of nitrogens with one attached hydrogen (secondary N) is 2. The van der Waals surface area contributed by atoms with Crippen molar-refractivity contribution in [3.8, 4) is 0 Å². The molecule has 0 aromatic carbocycles. The largest absolute Gasteiger partial charge is 0.338 e. The first-order chi connectivity index (χ1) is 10.7. The maximum Gasteiger partial charge on any atom is 0.321 e. The van der Waals surface area contributed by atoms with Crippen molar-refractivity contribution in [2.45, 2.75) is 26.2 Å². The van der Waals surface area contributed by atoms with E-state index in [0.29, 0.717) is 12.5 Å². The van der Waals surface area contributed by atoms with Crippen molar-refractivity contribution in [2.75, 3.05) is 26.2 Å². The normalized spacial score (nSPS) is 16.2. The average Bonchev–Trinajstić information content (AvgIpc) is 2.50. The Labute approximate surface area is 131 Å². The molecule has 0 spiro atoms. The molecule has 1 fully saturated rings.